The maximum absolute atomic E-state index is 12.8. The van der Waals surface area contributed by atoms with Gasteiger partial charge < -0.3 is 10.8 Å². The number of allylic oxidation sites excluding steroid dienone is 1. The van der Waals surface area contributed by atoms with Gasteiger partial charge in [-0.1, -0.05) is 0 Å². The fourth-order valence-electron chi connectivity index (χ4n) is 2.17. The lowest BCUT2D eigenvalue weighted by atomic mass is 10.0. The molecule has 0 bridgehead atoms. The van der Waals surface area contributed by atoms with Gasteiger partial charge in [0.2, 0.25) is 0 Å². The Bertz CT molecular complexity index is 729. The molecule has 0 saturated heterocycles. The highest BCUT2D eigenvalue weighted by molar-refractivity contribution is 5.84. The molecule has 4 nitrogen and oxygen atoms in total. The van der Waals surface area contributed by atoms with Crippen molar-refractivity contribution in [1.29, 1.82) is 0 Å². The largest absolute Gasteiger partial charge is 0.481 e. The standard InChI is InChI=1S/C16H14F6N2O2/c17-15(18,19)10-5-9(6-11(7-10)16(20,21)22)12(23)1-4-24-8-14(2-3-14)13(25)26/h1,4-7H,2-3,8,23H2,(H,25,26). The van der Waals surface area contributed by atoms with Crippen LogP contribution >= 0.6 is 0 Å². The molecule has 0 unspecified atom stereocenters. The van der Waals surface area contributed by atoms with E-state index in [9.17, 15) is 31.1 Å². The van der Waals surface area contributed by atoms with Gasteiger partial charge in [-0.05, 0) is 42.7 Å². The van der Waals surface area contributed by atoms with Gasteiger partial charge in [-0.25, -0.2) is 0 Å². The van der Waals surface area contributed by atoms with Gasteiger partial charge in [0, 0.05) is 11.9 Å². The average Bonchev–Trinajstić information content (AvgIpc) is 3.30. The number of benzene rings is 1. The molecule has 2 rings (SSSR count). The molecule has 1 aromatic carbocycles. The normalized spacial score (nSPS) is 17.5. The van der Waals surface area contributed by atoms with Crippen LogP contribution in [0.5, 0.6) is 0 Å². The maximum Gasteiger partial charge on any atom is 0.416 e. The third-order valence-electron chi connectivity index (χ3n) is 3.98. The number of hydrogen-bond acceptors (Lipinski definition) is 3. The Morgan fingerprint density at radius 1 is 1.12 bits per heavy atom. The summed E-state index contributed by atoms with van der Waals surface area (Å²) in [7, 11) is 0. The SMILES string of the molecule is NC(=CC=NCC1(C(=O)O)CC1)c1cc(C(F)(F)F)cc(C(F)(F)F)c1. The van der Waals surface area contributed by atoms with Crippen molar-refractivity contribution in [2.24, 2.45) is 16.1 Å². The van der Waals surface area contributed by atoms with Crippen LogP contribution in [0.1, 0.15) is 29.5 Å². The summed E-state index contributed by atoms with van der Waals surface area (Å²) in [4.78, 5) is 14.8. The van der Waals surface area contributed by atoms with Crippen molar-refractivity contribution in [3.63, 3.8) is 0 Å². The molecule has 0 radical (unpaired) electrons. The minimum Gasteiger partial charge on any atom is -0.481 e. The summed E-state index contributed by atoms with van der Waals surface area (Å²) in [5.41, 5.74) is 0.868. The molecule has 0 spiro atoms. The summed E-state index contributed by atoms with van der Waals surface area (Å²) in [5, 5.41) is 8.98. The van der Waals surface area contributed by atoms with Crippen molar-refractivity contribution in [1.82, 2.24) is 0 Å². The molecule has 3 N–H and O–H groups in total. The van der Waals surface area contributed by atoms with Gasteiger partial charge in [0.1, 0.15) is 0 Å². The van der Waals surface area contributed by atoms with Gasteiger partial charge in [-0.3, -0.25) is 9.79 Å². The zero-order valence-electron chi connectivity index (χ0n) is 13.2. The van der Waals surface area contributed by atoms with Gasteiger partial charge in [0.15, 0.2) is 0 Å². The van der Waals surface area contributed by atoms with Crippen LogP contribution in [0.25, 0.3) is 5.70 Å². The molecule has 142 valence electrons. The van der Waals surface area contributed by atoms with Crippen LogP contribution in [-0.4, -0.2) is 23.8 Å². The second-order valence-corrected chi connectivity index (χ2v) is 5.99. The number of nitrogens with zero attached hydrogens (tertiary/aromatic N) is 1. The Morgan fingerprint density at radius 2 is 1.62 bits per heavy atom. The van der Waals surface area contributed by atoms with Crippen molar-refractivity contribution < 1.29 is 36.2 Å². The van der Waals surface area contributed by atoms with Crippen molar-refractivity contribution in [3.05, 3.63) is 41.0 Å². The lowest BCUT2D eigenvalue weighted by Gasteiger charge is -2.14. The molecule has 1 aliphatic rings. The first-order valence-electron chi connectivity index (χ1n) is 7.34. The van der Waals surface area contributed by atoms with E-state index in [2.05, 4.69) is 4.99 Å². The van der Waals surface area contributed by atoms with E-state index in [4.69, 9.17) is 10.8 Å². The second-order valence-electron chi connectivity index (χ2n) is 5.99. The third-order valence-corrected chi connectivity index (χ3v) is 3.98. The summed E-state index contributed by atoms with van der Waals surface area (Å²) < 4.78 is 76.9. The van der Waals surface area contributed by atoms with E-state index in [1.165, 1.54) is 0 Å². The van der Waals surface area contributed by atoms with E-state index in [0.717, 1.165) is 12.3 Å². The van der Waals surface area contributed by atoms with Gasteiger partial charge in [0.05, 0.1) is 23.1 Å². The van der Waals surface area contributed by atoms with Crippen molar-refractivity contribution >= 4 is 17.9 Å². The highest BCUT2D eigenvalue weighted by Gasteiger charge is 2.49. The van der Waals surface area contributed by atoms with Crippen LogP contribution in [0.15, 0.2) is 29.3 Å². The number of aliphatic carboxylic acids is 1. The van der Waals surface area contributed by atoms with Crippen LogP contribution in [0, 0.1) is 5.41 Å². The number of rotatable bonds is 5. The molecule has 0 heterocycles. The number of halogens is 6. The summed E-state index contributed by atoms with van der Waals surface area (Å²) >= 11 is 0. The predicted octanol–water partition coefficient (Wildman–Crippen LogP) is 3.96. The highest BCUT2D eigenvalue weighted by Crippen LogP contribution is 2.46. The fraction of sp³-hybridized carbons (Fsp3) is 0.375. The molecule has 0 aliphatic heterocycles. The molecule has 0 aromatic heterocycles. The summed E-state index contributed by atoms with van der Waals surface area (Å²) in [6.07, 6.45) is -6.91. The fourth-order valence-corrected chi connectivity index (χ4v) is 2.17. The molecule has 1 aliphatic carbocycles. The molecule has 10 heteroatoms. The Balaban J connectivity index is 2.27. The van der Waals surface area contributed by atoms with E-state index in [-0.39, 0.29) is 18.3 Å². The van der Waals surface area contributed by atoms with Crippen molar-refractivity contribution in [2.45, 2.75) is 25.2 Å². The van der Waals surface area contributed by atoms with Crippen LogP contribution in [0.3, 0.4) is 0 Å². The highest BCUT2D eigenvalue weighted by atomic mass is 19.4. The van der Waals surface area contributed by atoms with Crippen molar-refractivity contribution in [3.8, 4) is 0 Å². The Kier molecular flexibility index (Phi) is 5.07. The number of carbonyl (C=O) groups is 1. The molecular weight excluding hydrogens is 366 g/mol. The van der Waals surface area contributed by atoms with E-state index in [1.807, 2.05) is 0 Å². The molecule has 0 atom stereocenters. The zero-order valence-corrected chi connectivity index (χ0v) is 13.2. The zero-order chi connectivity index (χ0) is 19.8. The van der Waals surface area contributed by atoms with E-state index in [0.29, 0.717) is 25.0 Å². The summed E-state index contributed by atoms with van der Waals surface area (Å²) in [5.74, 6) is -1.00. The number of hydrogen-bond donors (Lipinski definition) is 2. The first-order chi connectivity index (χ1) is 11.8. The number of aliphatic imine (C=N–C) groups is 1. The molecule has 1 aromatic rings. The predicted molar refractivity (Wildman–Crippen MR) is 81.3 cm³/mol. The van der Waals surface area contributed by atoms with Gasteiger partial charge in [-0.2, -0.15) is 26.3 Å². The third kappa shape index (κ3) is 4.55. The van der Waals surface area contributed by atoms with E-state index in [1.54, 1.807) is 0 Å². The molecule has 0 amide bonds. The lowest BCUT2D eigenvalue weighted by molar-refractivity contribution is -0.144. The van der Waals surface area contributed by atoms with E-state index >= 15 is 0 Å². The number of carboxylic acid groups (broad SMARTS) is 1. The second kappa shape index (κ2) is 6.65. The smallest absolute Gasteiger partial charge is 0.416 e. The Hall–Kier alpha value is -2.52. The van der Waals surface area contributed by atoms with Gasteiger partial charge in [0.25, 0.3) is 0 Å². The van der Waals surface area contributed by atoms with Gasteiger partial charge in [-0.15, -0.1) is 0 Å². The minimum atomic E-state index is -4.97. The topological polar surface area (TPSA) is 75.7 Å². The number of nitrogens with two attached hydrogens (primary N) is 1. The van der Waals surface area contributed by atoms with Crippen LogP contribution in [0.2, 0.25) is 0 Å². The van der Waals surface area contributed by atoms with Crippen LogP contribution in [-0.2, 0) is 17.1 Å². The van der Waals surface area contributed by atoms with Crippen LogP contribution < -0.4 is 5.73 Å². The summed E-state index contributed by atoms with van der Waals surface area (Å²) in [6.45, 7) is -0.0392. The Morgan fingerprint density at radius 3 is 2.00 bits per heavy atom. The van der Waals surface area contributed by atoms with Crippen LogP contribution in [0.4, 0.5) is 26.3 Å². The first-order valence-corrected chi connectivity index (χ1v) is 7.34. The average molecular weight is 380 g/mol. The molecule has 1 saturated carbocycles. The number of carboxylic acids is 1. The molecule has 26 heavy (non-hydrogen) atoms. The molecular formula is C16H14F6N2O2. The maximum atomic E-state index is 12.8. The lowest BCUT2D eigenvalue weighted by Crippen LogP contribution is -2.17. The van der Waals surface area contributed by atoms with Gasteiger partial charge >= 0.3 is 18.3 Å². The quantitative estimate of drug-likeness (QED) is 0.600. The molecule has 1 fully saturated rings. The number of alkyl halides is 6. The summed E-state index contributed by atoms with van der Waals surface area (Å²) in [6, 6.07) is 1.03. The minimum absolute atomic E-state index is 0.00851. The Labute approximate surface area is 144 Å². The van der Waals surface area contributed by atoms with Crippen molar-refractivity contribution in [2.75, 3.05) is 6.54 Å². The first kappa shape index (κ1) is 19.8. The monoisotopic (exact) mass is 380 g/mol. The van der Waals surface area contributed by atoms with E-state index < -0.39 is 40.4 Å².